The fourth-order valence-electron chi connectivity index (χ4n) is 1.91. The molecule has 1 heterocycles. The maximum atomic E-state index is 12.1. The molecule has 2 rings (SSSR count). The van der Waals surface area contributed by atoms with E-state index in [-0.39, 0.29) is 17.8 Å². The highest BCUT2D eigenvalue weighted by atomic mass is 32.2. The Bertz CT molecular complexity index is 680. The fourth-order valence-corrected chi connectivity index (χ4v) is 4.06. The molecular formula is C13H18N2O3S2. The van der Waals surface area contributed by atoms with Gasteiger partial charge in [-0.15, -0.1) is 0 Å². The number of benzene rings is 1. The van der Waals surface area contributed by atoms with E-state index in [1.165, 1.54) is 18.6 Å². The Morgan fingerprint density at radius 2 is 2.15 bits per heavy atom. The first kappa shape index (κ1) is 15.2. The second kappa shape index (κ2) is 6.07. The SMILES string of the molecule is COC(CS(=O)(=O)Nc1ccc2nscc2c1)C(C)C. The van der Waals surface area contributed by atoms with Gasteiger partial charge in [-0.1, -0.05) is 13.8 Å². The first-order valence-electron chi connectivity index (χ1n) is 6.28. The lowest BCUT2D eigenvalue weighted by molar-refractivity contribution is 0.0829. The molecule has 1 unspecified atom stereocenters. The zero-order valence-corrected chi connectivity index (χ0v) is 13.3. The predicted molar refractivity (Wildman–Crippen MR) is 82.7 cm³/mol. The summed E-state index contributed by atoms with van der Waals surface area (Å²) in [6.45, 7) is 3.87. The highest BCUT2D eigenvalue weighted by molar-refractivity contribution is 7.92. The lowest BCUT2D eigenvalue weighted by Gasteiger charge is -2.19. The molecule has 20 heavy (non-hydrogen) atoms. The number of nitrogens with one attached hydrogen (secondary N) is 1. The van der Waals surface area contributed by atoms with Gasteiger partial charge >= 0.3 is 0 Å². The van der Waals surface area contributed by atoms with Gasteiger partial charge in [0.25, 0.3) is 0 Å². The molecule has 7 heteroatoms. The van der Waals surface area contributed by atoms with Crippen molar-refractivity contribution < 1.29 is 13.2 Å². The Morgan fingerprint density at radius 1 is 1.40 bits per heavy atom. The summed E-state index contributed by atoms with van der Waals surface area (Å²) < 4.78 is 36.3. The number of nitrogens with zero attached hydrogens (tertiary/aromatic N) is 1. The van der Waals surface area contributed by atoms with Crippen molar-refractivity contribution in [2.24, 2.45) is 5.92 Å². The van der Waals surface area contributed by atoms with E-state index in [0.29, 0.717) is 5.69 Å². The second-order valence-electron chi connectivity index (χ2n) is 4.99. The molecule has 0 bridgehead atoms. The van der Waals surface area contributed by atoms with Crippen molar-refractivity contribution in [1.29, 1.82) is 0 Å². The highest BCUT2D eigenvalue weighted by Gasteiger charge is 2.21. The van der Waals surface area contributed by atoms with Crippen molar-refractivity contribution in [3.8, 4) is 0 Å². The van der Waals surface area contributed by atoms with Crippen molar-refractivity contribution in [3.63, 3.8) is 0 Å². The van der Waals surface area contributed by atoms with Crippen molar-refractivity contribution in [3.05, 3.63) is 23.6 Å². The summed E-state index contributed by atoms with van der Waals surface area (Å²) in [4.78, 5) is 0. The van der Waals surface area contributed by atoms with Gasteiger partial charge in [0.05, 0.1) is 17.4 Å². The van der Waals surface area contributed by atoms with Crippen LogP contribution < -0.4 is 4.72 Å². The van der Waals surface area contributed by atoms with Crippen LogP contribution in [-0.2, 0) is 14.8 Å². The highest BCUT2D eigenvalue weighted by Crippen LogP contribution is 2.21. The Kier molecular flexibility index (Phi) is 4.62. The van der Waals surface area contributed by atoms with Crippen LogP contribution in [0.3, 0.4) is 0 Å². The number of methoxy groups -OCH3 is 1. The van der Waals surface area contributed by atoms with E-state index >= 15 is 0 Å². The second-order valence-corrected chi connectivity index (χ2v) is 7.39. The lowest BCUT2D eigenvalue weighted by atomic mass is 10.1. The largest absolute Gasteiger partial charge is 0.380 e. The number of rotatable bonds is 6. The van der Waals surface area contributed by atoms with Gasteiger partial charge in [0.1, 0.15) is 0 Å². The van der Waals surface area contributed by atoms with Gasteiger partial charge in [0.15, 0.2) is 0 Å². The number of fused-ring (bicyclic) bond motifs is 1. The van der Waals surface area contributed by atoms with E-state index in [9.17, 15) is 8.42 Å². The van der Waals surface area contributed by atoms with Crippen LogP contribution in [0.2, 0.25) is 0 Å². The van der Waals surface area contributed by atoms with E-state index in [4.69, 9.17) is 4.74 Å². The van der Waals surface area contributed by atoms with Crippen LogP contribution in [-0.4, -0.2) is 31.8 Å². The smallest absolute Gasteiger partial charge is 0.235 e. The van der Waals surface area contributed by atoms with Gasteiger partial charge in [-0.2, -0.15) is 4.37 Å². The summed E-state index contributed by atoms with van der Waals surface area (Å²) >= 11 is 1.35. The number of aromatic nitrogens is 1. The first-order valence-corrected chi connectivity index (χ1v) is 8.77. The van der Waals surface area contributed by atoms with Crippen LogP contribution in [0.4, 0.5) is 5.69 Å². The van der Waals surface area contributed by atoms with Gasteiger partial charge in [-0.05, 0) is 35.6 Å². The minimum Gasteiger partial charge on any atom is -0.380 e. The summed E-state index contributed by atoms with van der Waals surface area (Å²) in [5.74, 6) is 0.0845. The van der Waals surface area contributed by atoms with Gasteiger partial charge in [0.2, 0.25) is 10.0 Å². The molecule has 0 aliphatic heterocycles. The van der Waals surface area contributed by atoms with Gasteiger partial charge < -0.3 is 4.74 Å². The fraction of sp³-hybridized carbons (Fsp3) is 0.462. The number of sulfonamides is 1. The minimum absolute atomic E-state index is 0.0545. The molecule has 0 aliphatic rings. The Morgan fingerprint density at radius 3 is 2.80 bits per heavy atom. The molecule has 110 valence electrons. The molecule has 0 fully saturated rings. The van der Waals surface area contributed by atoms with Crippen molar-refractivity contribution in [2.75, 3.05) is 17.6 Å². The number of hydrogen-bond donors (Lipinski definition) is 1. The minimum atomic E-state index is -3.43. The monoisotopic (exact) mass is 314 g/mol. The summed E-state index contributed by atoms with van der Waals surface area (Å²) in [6.07, 6.45) is -0.320. The zero-order chi connectivity index (χ0) is 14.8. The maximum absolute atomic E-state index is 12.1. The normalized spacial score (nSPS) is 13.8. The van der Waals surface area contributed by atoms with Gasteiger partial charge in [-0.25, -0.2) is 8.42 Å². The molecule has 0 spiro atoms. The van der Waals surface area contributed by atoms with Crippen molar-refractivity contribution >= 4 is 38.1 Å². The maximum Gasteiger partial charge on any atom is 0.235 e. The molecule has 0 saturated heterocycles. The number of hydrogen-bond acceptors (Lipinski definition) is 5. The summed E-state index contributed by atoms with van der Waals surface area (Å²) in [7, 11) is -1.90. The van der Waals surface area contributed by atoms with Crippen LogP contribution in [0.1, 0.15) is 13.8 Å². The average molecular weight is 314 g/mol. The summed E-state index contributed by atoms with van der Waals surface area (Å²) in [5.41, 5.74) is 1.42. The van der Waals surface area contributed by atoms with Gasteiger partial charge in [0, 0.05) is 23.6 Å². The third-order valence-corrected chi connectivity index (χ3v) is 5.04. The molecule has 1 N–H and O–H groups in total. The molecule has 1 atom stereocenters. The lowest BCUT2D eigenvalue weighted by Crippen LogP contribution is -2.31. The third-order valence-electron chi connectivity index (χ3n) is 3.06. The average Bonchev–Trinajstić information content (AvgIpc) is 2.82. The summed E-state index contributed by atoms with van der Waals surface area (Å²) in [5, 5.41) is 2.82. The van der Waals surface area contributed by atoms with E-state index in [2.05, 4.69) is 9.10 Å². The standard InChI is InChI=1S/C13H18N2O3S2/c1-9(2)13(18-3)8-20(16,17)15-11-4-5-12-10(6-11)7-19-14-12/h4-7,9,13,15H,8H2,1-3H3. The molecule has 2 aromatic rings. The topological polar surface area (TPSA) is 68.3 Å². The molecule has 5 nitrogen and oxygen atoms in total. The molecule has 0 amide bonds. The molecule has 0 aliphatic carbocycles. The van der Waals surface area contributed by atoms with E-state index in [1.807, 2.05) is 19.2 Å². The van der Waals surface area contributed by atoms with Crippen LogP contribution in [0.5, 0.6) is 0 Å². The predicted octanol–water partition coefficient (Wildman–Crippen LogP) is 2.71. The molecular weight excluding hydrogens is 296 g/mol. The molecule has 1 aromatic carbocycles. The van der Waals surface area contributed by atoms with Crippen LogP contribution in [0.25, 0.3) is 10.9 Å². The van der Waals surface area contributed by atoms with E-state index in [0.717, 1.165) is 10.9 Å². The van der Waals surface area contributed by atoms with E-state index in [1.54, 1.807) is 18.2 Å². The Labute approximate surface area is 123 Å². The van der Waals surface area contributed by atoms with Crippen LogP contribution in [0, 0.1) is 5.92 Å². The quantitative estimate of drug-likeness (QED) is 0.890. The molecule has 1 aromatic heterocycles. The Hall–Kier alpha value is -1.18. The molecule has 0 saturated carbocycles. The summed E-state index contributed by atoms with van der Waals surface area (Å²) in [6, 6.07) is 5.31. The number of ether oxygens (including phenoxy) is 1. The zero-order valence-electron chi connectivity index (χ0n) is 11.7. The third kappa shape index (κ3) is 3.68. The van der Waals surface area contributed by atoms with Crippen molar-refractivity contribution in [2.45, 2.75) is 20.0 Å². The van der Waals surface area contributed by atoms with Crippen LogP contribution in [0.15, 0.2) is 23.6 Å². The van der Waals surface area contributed by atoms with Crippen molar-refractivity contribution in [1.82, 2.24) is 4.37 Å². The number of anilines is 1. The first-order chi connectivity index (χ1) is 9.41. The Balaban J connectivity index is 2.14. The molecule has 0 radical (unpaired) electrons. The van der Waals surface area contributed by atoms with Crippen LogP contribution >= 0.6 is 11.5 Å². The van der Waals surface area contributed by atoms with E-state index < -0.39 is 10.0 Å². The van der Waals surface area contributed by atoms with Gasteiger partial charge in [-0.3, -0.25) is 4.72 Å².